The van der Waals surface area contributed by atoms with E-state index in [1.54, 1.807) is 12.5 Å². The number of rotatable bonds is 2. The summed E-state index contributed by atoms with van der Waals surface area (Å²) in [6.07, 6.45) is 4.92. The van der Waals surface area contributed by atoms with Crippen molar-refractivity contribution < 1.29 is 4.79 Å². The summed E-state index contributed by atoms with van der Waals surface area (Å²) in [6.45, 7) is 2.61. The van der Waals surface area contributed by atoms with Crippen LogP contribution < -0.4 is 10.6 Å². The molecule has 1 aliphatic heterocycles. The molecule has 0 aromatic carbocycles. The maximum Gasteiger partial charge on any atom is 0.320 e. The highest BCUT2D eigenvalue weighted by Crippen LogP contribution is 2.11. The van der Waals surface area contributed by atoms with Gasteiger partial charge in [-0.15, -0.1) is 0 Å². The average Bonchev–Trinajstić information content (AvgIpc) is 2.86. The van der Waals surface area contributed by atoms with Gasteiger partial charge >= 0.3 is 6.03 Å². The molecule has 1 atom stereocenters. The lowest BCUT2D eigenvalue weighted by atomic mass is 10.1. The summed E-state index contributed by atoms with van der Waals surface area (Å²) in [5.41, 5.74) is 1.06. The summed E-state index contributed by atoms with van der Waals surface area (Å²) in [6, 6.07) is 3.54. The molecular weight excluding hydrogens is 256 g/mol. The van der Waals surface area contributed by atoms with Crippen LogP contribution >= 0.6 is 0 Å². The van der Waals surface area contributed by atoms with E-state index >= 15 is 0 Å². The SMILES string of the molecule is Cc1ccnc(NC(=O)N[C@H]2CCc3ncnn3C2)c1. The second-order valence-corrected chi connectivity index (χ2v) is 4.91. The summed E-state index contributed by atoms with van der Waals surface area (Å²) in [7, 11) is 0. The van der Waals surface area contributed by atoms with Crippen molar-refractivity contribution in [3.05, 3.63) is 36.0 Å². The number of pyridine rings is 1. The van der Waals surface area contributed by atoms with Crippen molar-refractivity contribution in [1.29, 1.82) is 0 Å². The minimum Gasteiger partial charge on any atom is -0.333 e. The zero-order valence-electron chi connectivity index (χ0n) is 11.2. The monoisotopic (exact) mass is 272 g/mol. The van der Waals surface area contributed by atoms with Crippen LogP contribution in [-0.4, -0.2) is 31.8 Å². The molecule has 7 nitrogen and oxygen atoms in total. The number of carbonyl (C=O) groups excluding carboxylic acids is 1. The Kier molecular flexibility index (Phi) is 3.32. The minimum atomic E-state index is -0.239. The second kappa shape index (κ2) is 5.28. The van der Waals surface area contributed by atoms with Crippen LogP contribution in [0, 0.1) is 6.92 Å². The third-order valence-corrected chi connectivity index (χ3v) is 3.30. The van der Waals surface area contributed by atoms with Crippen LogP contribution in [0.2, 0.25) is 0 Å². The molecule has 0 fully saturated rings. The van der Waals surface area contributed by atoms with Crippen molar-refractivity contribution in [3.8, 4) is 0 Å². The van der Waals surface area contributed by atoms with Gasteiger partial charge in [0.05, 0.1) is 12.6 Å². The van der Waals surface area contributed by atoms with Gasteiger partial charge in [0, 0.05) is 12.6 Å². The maximum atomic E-state index is 11.9. The van der Waals surface area contributed by atoms with E-state index in [9.17, 15) is 4.79 Å². The smallest absolute Gasteiger partial charge is 0.320 e. The normalized spacial score (nSPS) is 17.4. The molecule has 0 unspecified atom stereocenters. The van der Waals surface area contributed by atoms with Gasteiger partial charge in [0.2, 0.25) is 0 Å². The van der Waals surface area contributed by atoms with Gasteiger partial charge in [-0.1, -0.05) is 0 Å². The Morgan fingerprint density at radius 2 is 2.35 bits per heavy atom. The van der Waals surface area contributed by atoms with Gasteiger partial charge in [-0.3, -0.25) is 5.32 Å². The van der Waals surface area contributed by atoms with Crippen LogP contribution in [-0.2, 0) is 13.0 Å². The number of amides is 2. The molecule has 0 bridgehead atoms. The first-order valence-electron chi connectivity index (χ1n) is 6.57. The quantitative estimate of drug-likeness (QED) is 0.858. The van der Waals surface area contributed by atoms with Crippen LogP contribution in [0.4, 0.5) is 10.6 Å². The Bertz CT molecular complexity index is 623. The Morgan fingerprint density at radius 1 is 1.45 bits per heavy atom. The first-order valence-corrected chi connectivity index (χ1v) is 6.57. The lowest BCUT2D eigenvalue weighted by Crippen LogP contribution is -2.43. The molecule has 0 saturated carbocycles. The van der Waals surface area contributed by atoms with E-state index in [0.717, 1.165) is 24.2 Å². The van der Waals surface area contributed by atoms with Gasteiger partial charge in [0.15, 0.2) is 0 Å². The van der Waals surface area contributed by atoms with Crippen molar-refractivity contribution >= 4 is 11.8 Å². The largest absolute Gasteiger partial charge is 0.333 e. The van der Waals surface area contributed by atoms with E-state index in [-0.39, 0.29) is 12.1 Å². The topological polar surface area (TPSA) is 84.7 Å². The highest BCUT2D eigenvalue weighted by Gasteiger charge is 2.21. The third-order valence-electron chi connectivity index (χ3n) is 3.30. The van der Waals surface area contributed by atoms with Crippen LogP contribution in [0.5, 0.6) is 0 Å². The van der Waals surface area contributed by atoms with E-state index in [1.807, 2.05) is 23.7 Å². The molecular formula is C13H16N6O. The predicted octanol–water partition coefficient (Wildman–Crippen LogP) is 1.12. The number of hydrogen-bond acceptors (Lipinski definition) is 4. The van der Waals surface area contributed by atoms with Crippen LogP contribution in [0.25, 0.3) is 0 Å². The summed E-state index contributed by atoms with van der Waals surface area (Å²) in [5, 5.41) is 9.81. The van der Waals surface area contributed by atoms with Crippen LogP contribution in [0.15, 0.2) is 24.7 Å². The van der Waals surface area contributed by atoms with E-state index < -0.39 is 0 Å². The summed E-state index contributed by atoms with van der Waals surface area (Å²) in [4.78, 5) is 20.2. The van der Waals surface area contributed by atoms with E-state index in [1.165, 1.54) is 0 Å². The molecule has 3 rings (SSSR count). The molecule has 2 N–H and O–H groups in total. The summed E-state index contributed by atoms with van der Waals surface area (Å²) in [5.74, 6) is 1.53. The molecule has 2 aromatic rings. The number of urea groups is 1. The lowest BCUT2D eigenvalue weighted by Gasteiger charge is -2.23. The highest BCUT2D eigenvalue weighted by atomic mass is 16.2. The molecule has 0 radical (unpaired) electrons. The fourth-order valence-corrected chi connectivity index (χ4v) is 2.30. The fourth-order valence-electron chi connectivity index (χ4n) is 2.30. The molecule has 7 heteroatoms. The second-order valence-electron chi connectivity index (χ2n) is 4.91. The van der Waals surface area contributed by atoms with Crippen molar-refractivity contribution in [2.75, 3.05) is 5.32 Å². The average molecular weight is 272 g/mol. The minimum absolute atomic E-state index is 0.0639. The number of anilines is 1. The predicted molar refractivity (Wildman–Crippen MR) is 73.3 cm³/mol. The van der Waals surface area contributed by atoms with Crippen LogP contribution in [0.1, 0.15) is 17.8 Å². The zero-order chi connectivity index (χ0) is 13.9. The Labute approximate surface area is 116 Å². The standard InChI is InChI=1S/C13H16N6O/c1-9-4-5-14-11(6-9)18-13(20)17-10-2-3-12-15-8-16-19(12)7-10/h4-6,8,10H,2-3,7H2,1H3,(H2,14,17,18,20)/t10-/m0/s1. The number of carbonyl (C=O) groups is 1. The van der Waals surface area contributed by atoms with E-state index in [4.69, 9.17) is 0 Å². The highest BCUT2D eigenvalue weighted by molar-refractivity contribution is 5.88. The maximum absolute atomic E-state index is 11.9. The summed E-state index contributed by atoms with van der Waals surface area (Å²) >= 11 is 0. The van der Waals surface area contributed by atoms with Crippen molar-refractivity contribution in [1.82, 2.24) is 25.1 Å². The zero-order valence-corrected chi connectivity index (χ0v) is 11.2. The van der Waals surface area contributed by atoms with E-state index in [0.29, 0.717) is 12.4 Å². The molecule has 0 aliphatic carbocycles. The number of fused-ring (bicyclic) bond motifs is 1. The summed E-state index contributed by atoms with van der Waals surface area (Å²) < 4.78 is 1.83. The molecule has 0 saturated heterocycles. The molecule has 20 heavy (non-hydrogen) atoms. The third kappa shape index (κ3) is 2.76. The van der Waals surface area contributed by atoms with Crippen molar-refractivity contribution in [3.63, 3.8) is 0 Å². The molecule has 1 aliphatic rings. The number of aryl methyl sites for hydroxylation is 2. The Balaban J connectivity index is 1.57. The molecule has 3 heterocycles. The Morgan fingerprint density at radius 3 is 3.20 bits per heavy atom. The van der Waals surface area contributed by atoms with Gasteiger partial charge in [-0.05, 0) is 31.0 Å². The van der Waals surface area contributed by atoms with Gasteiger partial charge in [-0.25, -0.2) is 19.4 Å². The number of nitrogens with one attached hydrogen (secondary N) is 2. The van der Waals surface area contributed by atoms with Gasteiger partial charge in [0.25, 0.3) is 0 Å². The van der Waals surface area contributed by atoms with E-state index in [2.05, 4.69) is 25.7 Å². The lowest BCUT2D eigenvalue weighted by molar-refractivity contribution is 0.243. The Hall–Kier alpha value is -2.44. The number of nitrogens with zero attached hydrogens (tertiary/aromatic N) is 4. The van der Waals surface area contributed by atoms with Gasteiger partial charge < -0.3 is 5.32 Å². The number of aromatic nitrogens is 4. The first kappa shape index (κ1) is 12.6. The molecule has 2 aromatic heterocycles. The molecule has 104 valence electrons. The molecule has 2 amide bonds. The van der Waals surface area contributed by atoms with Crippen molar-refractivity contribution in [2.24, 2.45) is 0 Å². The fraction of sp³-hybridized carbons (Fsp3) is 0.385. The van der Waals surface area contributed by atoms with Crippen LogP contribution in [0.3, 0.4) is 0 Å². The van der Waals surface area contributed by atoms with Gasteiger partial charge in [0.1, 0.15) is 18.0 Å². The van der Waals surface area contributed by atoms with Crippen molar-refractivity contribution in [2.45, 2.75) is 32.4 Å². The first-order chi connectivity index (χ1) is 9.70. The number of hydrogen-bond donors (Lipinski definition) is 2. The molecule has 0 spiro atoms. The van der Waals surface area contributed by atoms with Gasteiger partial charge in [-0.2, -0.15) is 5.10 Å².